The van der Waals surface area contributed by atoms with Crippen LogP contribution in [0.2, 0.25) is 0 Å². The van der Waals surface area contributed by atoms with E-state index in [1.54, 1.807) is 0 Å². The molecule has 2 rings (SSSR count). The normalized spacial score (nSPS) is 36.9. The number of rotatable bonds is 1. The Morgan fingerprint density at radius 1 is 1.19 bits per heavy atom. The Morgan fingerprint density at radius 2 is 2.00 bits per heavy atom. The minimum Gasteiger partial charge on any atom is -0.315 e. The average Bonchev–Trinajstić information content (AvgIpc) is 2.39. The maximum atomic E-state index is 3.58. The average molecular weight is 224 g/mol. The van der Waals surface area contributed by atoms with E-state index in [-0.39, 0.29) is 0 Å². The summed E-state index contributed by atoms with van der Waals surface area (Å²) in [5.41, 5.74) is 0.345. The van der Waals surface area contributed by atoms with Crippen LogP contribution in [0, 0.1) is 5.92 Å². The summed E-state index contributed by atoms with van der Waals surface area (Å²) in [5.74, 6) is 0.936. The van der Waals surface area contributed by atoms with Gasteiger partial charge in [0.1, 0.15) is 0 Å². The van der Waals surface area contributed by atoms with Crippen molar-refractivity contribution in [2.75, 3.05) is 19.6 Å². The first-order valence-corrected chi connectivity index (χ1v) is 7.07. The van der Waals surface area contributed by atoms with Crippen molar-refractivity contribution in [1.82, 2.24) is 10.2 Å². The summed E-state index contributed by atoms with van der Waals surface area (Å²) in [7, 11) is 0. The molecule has 0 spiro atoms. The predicted octanol–water partition coefficient (Wildman–Crippen LogP) is 2.64. The third-order valence-corrected chi connectivity index (χ3v) is 4.44. The lowest BCUT2D eigenvalue weighted by atomic mass is 9.84. The molecular formula is C14H28N2. The Bertz CT molecular complexity index is 225. The van der Waals surface area contributed by atoms with Crippen LogP contribution in [0.3, 0.4) is 0 Å². The van der Waals surface area contributed by atoms with Crippen LogP contribution in [-0.4, -0.2) is 36.1 Å². The zero-order valence-corrected chi connectivity index (χ0v) is 11.3. The first-order chi connectivity index (χ1) is 7.59. The highest BCUT2D eigenvalue weighted by molar-refractivity contribution is 4.92. The Hall–Kier alpha value is -0.0800. The van der Waals surface area contributed by atoms with E-state index in [1.165, 1.54) is 45.2 Å². The van der Waals surface area contributed by atoms with E-state index in [2.05, 4.69) is 31.0 Å². The smallest absolute Gasteiger partial charge is 0.0280 e. The minimum absolute atomic E-state index is 0.345. The molecule has 0 aromatic heterocycles. The largest absolute Gasteiger partial charge is 0.315 e. The van der Waals surface area contributed by atoms with Gasteiger partial charge in [-0.15, -0.1) is 0 Å². The van der Waals surface area contributed by atoms with Gasteiger partial charge in [-0.25, -0.2) is 0 Å². The molecule has 1 saturated carbocycles. The van der Waals surface area contributed by atoms with Crippen molar-refractivity contribution in [2.24, 2.45) is 5.92 Å². The van der Waals surface area contributed by atoms with Crippen molar-refractivity contribution in [3.05, 3.63) is 0 Å². The number of hydrogen-bond acceptors (Lipinski definition) is 2. The van der Waals surface area contributed by atoms with Crippen LogP contribution in [0.1, 0.15) is 52.9 Å². The lowest BCUT2D eigenvalue weighted by Gasteiger charge is -2.45. The van der Waals surface area contributed by atoms with Gasteiger partial charge in [0.05, 0.1) is 0 Å². The first kappa shape index (κ1) is 12.4. The van der Waals surface area contributed by atoms with Crippen LogP contribution >= 0.6 is 0 Å². The summed E-state index contributed by atoms with van der Waals surface area (Å²) < 4.78 is 0. The van der Waals surface area contributed by atoms with Crippen molar-refractivity contribution in [2.45, 2.75) is 64.5 Å². The maximum Gasteiger partial charge on any atom is 0.0280 e. The van der Waals surface area contributed by atoms with Gasteiger partial charge in [0.25, 0.3) is 0 Å². The van der Waals surface area contributed by atoms with Crippen LogP contribution < -0.4 is 5.32 Å². The van der Waals surface area contributed by atoms with Crippen LogP contribution in [0.4, 0.5) is 0 Å². The molecule has 1 aliphatic carbocycles. The molecule has 2 unspecified atom stereocenters. The molecule has 2 fully saturated rings. The van der Waals surface area contributed by atoms with E-state index in [9.17, 15) is 0 Å². The second-order valence-electron chi connectivity index (χ2n) is 6.46. The molecule has 1 heterocycles. The zero-order valence-electron chi connectivity index (χ0n) is 11.3. The fraction of sp³-hybridized carbons (Fsp3) is 1.00. The molecule has 0 radical (unpaired) electrons. The second-order valence-corrected chi connectivity index (χ2v) is 6.46. The van der Waals surface area contributed by atoms with Crippen molar-refractivity contribution < 1.29 is 0 Å². The van der Waals surface area contributed by atoms with Crippen molar-refractivity contribution in [1.29, 1.82) is 0 Å². The van der Waals surface area contributed by atoms with Gasteiger partial charge in [-0.3, -0.25) is 4.90 Å². The topological polar surface area (TPSA) is 15.3 Å². The van der Waals surface area contributed by atoms with Gasteiger partial charge in [0.15, 0.2) is 0 Å². The van der Waals surface area contributed by atoms with E-state index in [0.29, 0.717) is 5.54 Å². The summed E-state index contributed by atoms with van der Waals surface area (Å²) in [6.45, 7) is 10.9. The van der Waals surface area contributed by atoms with Crippen LogP contribution in [0.25, 0.3) is 0 Å². The van der Waals surface area contributed by atoms with Gasteiger partial charge >= 0.3 is 0 Å². The standard InChI is InChI=1S/C14H28N2/c1-12-6-4-7-13(10-12)16-9-5-8-15-11-14(16,2)3/h12-13,15H,4-11H2,1-3H3. The van der Waals surface area contributed by atoms with Crippen LogP contribution in [-0.2, 0) is 0 Å². The quantitative estimate of drug-likeness (QED) is 0.736. The van der Waals surface area contributed by atoms with E-state index in [0.717, 1.165) is 18.5 Å². The third-order valence-electron chi connectivity index (χ3n) is 4.44. The zero-order chi connectivity index (χ0) is 11.6. The molecule has 1 saturated heterocycles. The van der Waals surface area contributed by atoms with Gasteiger partial charge in [-0.05, 0) is 45.6 Å². The second kappa shape index (κ2) is 5.05. The van der Waals surface area contributed by atoms with Crippen molar-refractivity contribution in [3.63, 3.8) is 0 Å². The summed E-state index contributed by atoms with van der Waals surface area (Å²) in [6.07, 6.45) is 7.04. The minimum atomic E-state index is 0.345. The van der Waals surface area contributed by atoms with Gasteiger partial charge < -0.3 is 5.32 Å². The summed E-state index contributed by atoms with van der Waals surface area (Å²) in [5, 5.41) is 3.58. The predicted molar refractivity (Wildman–Crippen MR) is 69.7 cm³/mol. The van der Waals surface area contributed by atoms with Gasteiger partial charge in [-0.1, -0.05) is 19.8 Å². The molecule has 16 heavy (non-hydrogen) atoms. The highest BCUT2D eigenvalue weighted by atomic mass is 15.2. The Balaban J connectivity index is 2.04. The molecule has 1 N–H and O–H groups in total. The molecule has 94 valence electrons. The molecule has 2 nitrogen and oxygen atoms in total. The molecule has 1 aliphatic heterocycles. The number of nitrogens with one attached hydrogen (secondary N) is 1. The Labute approximate surface area is 101 Å². The van der Waals surface area contributed by atoms with Crippen LogP contribution in [0.15, 0.2) is 0 Å². The molecular weight excluding hydrogens is 196 g/mol. The summed E-state index contributed by atoms with van der Waals surface area (Å²) in [6, 6.07) is 0.846. The van der Waals surface area contributed by atoms with Gasteiger partial charge in [-0.2, -0.15) is 0 Å². The lowest BCUT2D eigenvalue weighted by Crippen LogP contribution is -2.54. The fourth-order valence-electron chi connectivity index (χ4n) is 3.53. The number of hydrogen-bond donors (Lipinski definition) is 1. The van der Waals surface area contributed by atoms with Crippen molar-refractivity contribution >= 4 is 0 Å². The molecule has 0 aromatic carbocycles. The molecule has 2 heteroatoms. The summed E-state index contributed by atoms with van der Waals surface area (Å²) >= 11 is 0. The molecule has 2 atom stereocenters. The van der Waals surface area contributed by atoms with Crippen LogP contribution in [0.5, 0.6) is 0 Å². The van der Waals surface area contributed by atoms with E-state index in [1.807, 2.05) is 0 Å². The molecule has 0 bridgehead atoms. The lowest BCUT2D eigenvalue weighted by molar-refractivity contribution is 0.0478. The van der Waals surface area contributed by atoms with E-state index in [4.69, 9.17) is 0 Å². The molecule has 0 aromatic rings. The van der Waals surface area contributed by atoms with E-state index < -0.39 is 0 Å². The highest BCUT2D eigenvalue weighted by Crippen LogP contribution is 2.31. The Kier molecular flexibility index (Phi) is 3.91. The third kappa shape index (κ3) is 2.78. The van der Waals surface area contributed by atoms with Gasteiger partial charge in [0.2, 0.25) is 0 Å². The fourth-order valence-corrected chi connectivity index (χ4v) is 3.53. The highest BCUT2D eigenvalue weighted by Gasteiger charge is 2.35. The SMILES string of the molecule is CC1CCCC(N2CCCNCC2(C)C)C1. The molecule has 2 aliphatic rings. The van der Waals surface area contributed by atoms with Gasteiger partial charge in [0, 0.05) is 24.7 Å². The summed E-state index contributed by atoms with van der Waals surface area (Å²) in [4.78, 5) is 2.79. The first-order valence-electron chi connectivity index (χ1n) is 7.07. The Morgan fingerprint density at radius 3 is 2.75 bits per heavy atom. The van der Waals surface area contributed by atoms with E-state index >= 15 is 0 Å². The number of nitrogens with zero attached hydrogens (tertiary/aromatic N) is 1. The molecule has 0 amide bonds. The maximum absolute atomic E-state index is 3.58. The van der Waals surface area contributed by atoms with Crippen molar-refractivity contribution in [3.8, 4) is 0 Å². The monoisotopic (exact) mass is 224 g/mol.